The van der Waals surface area contributed by atoms with Gasteiger partial charge in [-0.2, -0.15) is 10.2 Å². The average Bonchev–Trinajstić information content (AvgIpc) is 4.07. The summed E-state index contributed by atoms with van der Waals surface area (Å²) >= 11 is 0. The predicted octanol–water partition coefficient (Wildman–Crippen LogP) is 12.1. The van der Waals surface area contributed by atoms with Gasteiger partial charge in [0.15, 0.2) is 0 Å². The molecule has 0 atom stereocenters. The van der Waals surface area contributed by atoms with Gasteiger partial charge < -0.3 is 9.47 Å². The molecule has 60 heavy (non-hydrogen) atoms. The van der Waals surface area contributed by atoms with E-state index in [1.807, 2.05) is 107 Å². The van der Waals surface area contributed by atoms with Crippen molar-refractivity contribution in [2.24, 2.45) is 0 Å². The molecule has 0 radical (unpaired) electrons. The highest BCUT2D eigenvalue weighted by Crippen LogP contribution is 2.43. The molecule has 296 valence electrons. The Labute approximate surface area is 347 Å². The van der Waals surface area contributed by atoms with Crippen LogP contribution in [0.5, 0.6) is 23.0 Å². The molecule has 0 aliphatic carbocycles. The largest absolute Gasteiger partial charge is 0.457 e. The van der Waals surface area contributed by atoms with E-state index in [-0.39, 0.29) is 10.8 Å². The third-order valence-corrected chi connectivity index (χ3v) is 10.9. The van der Waals surface area contributed by atoms with E-state index in [1.54, 1.807) is 12.4 Å². The maximum absolute atomic E-state index is 6.61. The third-order valence-electron chi connectivity index (χ3n) is 10.9. The Kier molecular flexibility index (Phi) is 8.68. The van der Waals surface area contributed by atoms with Crippen molar-refractivity contribution < 1.29 is 9.47 Å². The highest BCUT2D eigenvalue weighted by molar-refractivity contribution is 6.20. The molecule has 6 aromatic heterocycles. The summed E-state index contributed by atoms with van der Waals surface area (Å²) in [7, 11) is 0. The summed E-state index contributed by atoms with van der Waals surface area (Å²) in [5.74, 6) is 4.44. The first kappa shape index (κ1) is 36.9. The lowest BCUT2D eigenvalue weighted by Gasteiger charge is -2.20. The Hall–Kier alpha value is -7.46. The van der Waals surface area contributed by atoms with Crippen LogP contribution in [0.1, 0.15) is 52.7 Å². The number of pyridine rings is 2. The molecule has 4 aromatic carbocycles. The van der Waals surface area contributed by atoms with Gasteiger partial charge >= 0.3 is 0 Å². The quantitative estimate of drug-likeness (QED) is 0.152. The molecular weight excluding hydrogens is 745 g/mol. The molecule has 10 heteroatoms. The number of aromatic nitrogens is 8. The highest BCUT2D eigenvalue weighted by Gasteiger charge is 2.26. The van der Waals surface area contributed by atoms with Crippen LogP contribution < -0.4 is 9.47 Å². The van der Waals surface area contributed by atoms with E-state index in [9.17, 15) is 0 Å². The maximum Gasteiger partial charge on any atom is 0.137 e. The first-order valence-corrected chi connectivity index (χ1v) is 20.1. The summed E-state index contributed by atoms with van der Waals surface area (Å²) in [5.41, 5.74) is 7.92. The number of rotatable bonds is 8. The van der Waals surface area contributed by atoms with Crippen molar-refractivity contribution in [3.63, 3.8) is 0 Å². The number of hydrogen-bond acceptors (Lipinski definition) is 6. The Morgan fingerprint density at radius 2 is 0.867 bits per heavy atom. The van der Waals surface area contributed by atoms with Crippen LogP contribution in [0.4, 0.5) is 0 Å². The van der Waals surface area contributed by atoms with E-state index >= 15 is 0 Å². The minimum absolute atomic E-state index is 0.0973. The van der Waals surface area contributed by atoms with E-state index in [2.05, 4.69) is 109 Å². The minimum atomic E-state index is -0.0973. The zero-order valence-electron chi connectivity index (χ0n) is 34.4. The van der Waals surface area contributed by atoms with Crippen LogP contribution in [0.3, 0.4) is 0 Å². The lowest BCUT2D eigenvalue weighted by molar-refractivity contribution is 0.482. The standard InChI is InChI=1S/C50H44N8O2/c1-49(2,3)33-19-23-51-45(27-33)57-43-31-39(59-37-13-7-11-35(29-37)55-25-9-21-53-55)15-17-41(43)48-47(57)42-18-16-40(60-38-14-8-12-36(30-38)56-26-10-22-54-56)32-44(42)58(48)46-28-34(20-24-52-46)50(4,5)6/h7-32H,1-6H3. The smallest absolute Gasteiger partial charge is 0.137 e. The van der Waals surface area contributed by atoms with Crippen molar-refractivity contribution in [1.82, 2.24) is 38.7 Å². The van der Waals surface area contributed by atoms with Gasteiger partial charge in [-0.3, -0.25) is 9.13 Å². The monoisotopic (exact) mass is 788 g/mol. The van der Waals surface area contributed by atoms with Crippen LogP contribution in [-0.2, 0) is 10.8 Å². The second-order valence-electron chi connectivity index (χ2n) is 17.1. The molecule has 0 bridgehead atoms. The first-order valence-electron chi connectivity index (χ1n) is 20.1. The van der Waals surface area contributed by atoms with Crippen molar-refractivity contribution in [3.8, 4) is 46.0 Å². The lowest BCUT2D eigenvalue weighted by atomic mass is 9.88. The van der Waals surface area contributed by atoms with Gasteiger partial charge in [-0.05, 0) is 107 Å². The van der Waals surface area contributed by atoms with E-state index in [0.717, 1.165) is 55.8 Å². The molecule has 10 aromatic rings. The molecule has 0 saturated carbocycles. The fraction of sp³-hybridized carbons (Fsp3) is 0.160. The molecule has 0 saturated heterocycles. The van der Waals surface area contributed by atoms with Crippen LogP contribution in [0.15, 0.2) is 159 Å². The third kappa shape index (κ3) is 6.65. The van der Waals surface area contributed by atoms with Gasteiger partial charge in [0, 0.05) is 72.2 Å². The average molecular weight is 789 g/mol. The SMILES string of the molecule is CC(C)(C)c1ccnc(-n2c3cc(Oc4cccc(-n5cccn5)c4)ccc3c3c2c2ccc(Oc4cccc(-n5cccn5)c4)cc2n3-c2cc(C(C)(C)C)ccn2)c1. The molecule has 0 spiro atoms. The zero-order chi connectivity index (χ0) is 41.2. The van der Waals surface area contributed by atoms with Crippen LogP contribution in [0.2, 0.25) is 0 Å². The highest BCUT2D eigenvalue weighted by atomic mass is 16.5. The predicted molar refractivity (Wildman–Crippen MR) is 238 cm³/mol. The van der Waals surface area contributed by atoms with Crippen molar-refractivity contribution in [3.05, 3.63) is 170 Å². The summed E-state index contributed by atoms with van der Waals surface area (Å²) in [5, 5.41) is 10.9. The van der Waals surface area contributed by atoms with Gasteiger partial charge in [0.2, 0.25) is 0 Å². The Balaban J connectivity index is 1.21. The molecule has 0 amide bonds. The number of ether oxygens (including phenoxy) is 2. The van der Waals surface area contributed by atoms with Crippen molar-refractivity contribution >= 4 is 32.8 Å². The minimum Gasteiger partial charge on any atom is -0.457 e. The molecule has 0 N–H and O–H groups in total. The summed E-state index contributed by atoms with van der Waals surface area (Å²) in [6.45, 7) is 13.4. The maximum atomic E-state index is 6.61. The summed E-state index contributed by atoms with van der Waals surface area (Å²) in [6, 6.07) is 40.9. The van der Waals surface area contributed by atoms with Gasteiger partial charge in [-0.25, -0.2) is 19.3 Å². The Bertz CT molecular complexity index is 2960. The van der Waals surface area contributed by atoms with Gasteiger partial charge in [-0.15, -0.1) is 0 Å². The topological polar surface area (TPSA) is 89.7 Å². The van der Waals surface area contributed by atoms with E-state index in [0.29, 0.717) is 23.0 Å². The van der Waals surface area contributed by atoms with Gasteiger partial charge in [0.1, 0.15) is 34.6 Å². The molecule has 0 fully saturated rings. The second kappa shape index (κ2) is 14.1. The molecule has 10 nitrogen and oxygen atoms in total. The fourth-order valence-corrected chi connectivity index (χ4v) is 7.85. The van der Waals surface area contributed by atoms with E-state index in [1.165, 1.54) is 11.1 Å². The number of nitrogens with zero attached hydrogens (tertiary/aromatic N) is 8. The molecular formula is C50H44N8O2. The van der Waals surface area contributed by atoms with Crippen LogP contribution in [-0.4, -0.2) is 38.7 Å². The first-order chi connectivity index (χ1) is 29.0. The molecule has 0 aliphatic heterocycles. The lowest BCUT2D eigenvalue weighted by Crippen LogP contribution is -2.12. The number of benzene rings is 4. The fourth-order valence-electron chi connectivity index (χ4n) is 7.85. The van der Waals surface area contributed by atoms with Gasteiger partial charge in [0.25, 0.3) is 0 Å². The normalized spacial score (nSPS) is 12.2. The van der Waals surface area contributed by atoms with Crippen LogP contribution in [0, 0.1) is 0 Å². The summed E-state index contributed by atoms with van der Waals surface area (Å²) in [4.78, 5) is 10.1. The van der Waals surface area contributed by atoms with Crippen molar-refractivity contribution in [2.75, 3.05) is 0 Å². The number of hydrogen-bond donors (Lipinski definition) is 0. The number of fused-ring (bicyclic) bond motifs is 5. The molecule has 0 aliphatic rings. The van der Waals surface area contributed by atoms with Gasteiger partial charge in [-0.1, -0.05) is 53.7 Å². The zero-order valence-corrected chi connectivity index (χ0v) is 34.4. The second-order valence-corrected chi connectivity index (χ2v) is 17.1. The van der Waals surface area contributed by atoms with Crippen LogP contribution >= 0.6 is 0 Å². The molecule has 6 heterocycles. The molecule has 10 rings (SSSR count). The van der Waals surface area contributed by atoms with E-state index in [4.69, 9.17) is 19.4 Å². The van der Waals surface area contributed by atoms with Crippen molar-refractivity contribution in [1.29, 1.82) is 0 Å². The van der Waals surface area contributed by atoms with Gasteiger partial charge in [0.05, 0.1) is 33.4 Å². The van der Waals surface area contributed by atoms with Crippen LogP contribution in [0.25, 0.3) is 55.8 Å². The Morgan fingerprint density at radius 3 is 1.27 bits per heavy atom. The summed E-state index contributed by atoms with van der Waals surface area (Å²) < 4.78 is 21.4. The summed E-state index contributed by atoms with van der Waals surface area (Å²) in [6.07, 6.45) is 11.2. The van der Waals surface area contributed by atoms with E-state index < -0.39 is 0 Å². The molecule has 0 unspecified atom stereocenters. The Morgan fingerprint density at radius 1 is 0.433 bits per heavy atom. The van der Waals surface area contributed by atoms with Crippen molar-refractivity contribution in [2.45, 2.75) is 52.4 Å².